The molecule has 4 aromatic rings. The van der Waals surface area contributed by atoms with Crippen molar-refractivity contribution in [3.63, 3.8) is 0 Å². The average molecular weight is 697 g/mol. The van der Waals surface area contributed by atoms with Crippen LogP contribution in [0.25, 0.3) is 0 Å². The van der Waals surface area contributed by atoms with E-state index in [2.05, 4.69) is 5.32 Å². The molecule has 2 amide bonds. The molecule has 248 valence electrons. The lowest BCUT2D eigenvalue weighted by molar-refractivity contribution is -0.140. The van der Waals surface area contributed by atoms with Crippen molar-refractivity contribution in [2.75, 3.05) is 18.0 Å². The molecule has 0 heterocycles. The van der Waals surface area contributed by atoms with E-state index in [0.29, 0.717) is 10.6 Å². The third-order valence-corrected chi connectivity index (χ3v) is 9.83. The summed E-state index contributed by atoms with van der Waals surface area (Å²) in [5, 5.41) is 3.64. The number of halogens is 2. The third-order valence-electron chi connectivity index (χ3n) is 7.32. The van der Waals surface area contributed by atoms with Gasteiger partial charge in [0, 0.05) is 18.5 Å². The second kappa shape index (κ2) is 15.2. The maximum atomic E-state index is 14.7. The molecule has 11 heteroatoms. The Balaban J connectivity index is 1.87. The minimum Gasteiger partial charge on any atom is -0.495 e. The van der Waals surface area contributed by atoms with Gasteiger partial charge in [-0.3, -0.25) is 13.9 Å². The fraction of sp³-hybridized carbons (Fsp3) is 0.278. The van der Waals surface area contributed by atoms with Gasteiger partial charge in [-0.2, -0.15) is 0 Å². The molecule has 0 aliphatic heterocycles. The number of sulfonamides is 1. The Kier molecular flexibility index (Phi) is 11.6. The van der Waals surface area contributed by atoms with E-state index in [-0.39, 0.29) is 40.2 Å². The predicted molar refractivity (Wildman–Crippen MR) is 188 cm³/mol. The fourth-order valence-corrected chi connectivity index (χ4v) is 6.83. The van der Waals surface area contributed by atoms with Gasteiger partial charge in [0.25, 0.3) is 10.0 Å². The van der Waals surface area contributed by atoms with Crippen LogP contribution in [-0.2, 0) is 32.6 Å². The smallest absolute Gasteiger partial charge is 0.264 e. The SMILES string of the molecule is COc1ccc(C)cc1N(CC(=O)N(Cc1ccc(Cl)c(Cl)c1)[C@@H](Cc1ccccc1)C(=O)NC(C)(C)C)S(=O)(=O)c1ccccc1. The molecule has 47 heavy (non-hydrogen) atoms. The van der Waals surface area contributed by atoms with Crippen molar-refractivity contribution in [3.05, 3.63) is 124 Å². The van der Waals surface area contributed by atoms with Crippen LogP contribution in [-0.4, -0.2) is 50.4 Å². The molecular weight excluding hydrogens is 657 g/mol. The van der Waals surface area contributed by atoms with Gasteiger partial charge in [0.1, 0.15) is 18.3 Å². The molecule has 1 N–H and O–H groups in total. The molecule has 0 saturated carbocycles. The maximum absolute atomic E-state index is 14.7. The van der Waals surface area contributed by atoms with Crippen LogP contribution in [0.15, 0.2) is 102 Å². The molecule has 0 spiro atoms. The molecule has 0 radical (unpaired) electrons. The highest BCUT2D eigenvalue weighted by Gasteiger charge is 2.36. The molecule has 8 nitrogen and oxygen atoms in total. The lowest BCUT2D eigenvalue weighted by Gasteiger charge is -2.35. The molecule has 0 unspecified atom stereocenters. The van der Waals surface area contributed by atoms with Crippen LogP contribution in [0.3, 0.4) is 0 Å². The topological polar surface area (TPSA) is 96.0 Å². The van der Waals surface area contributed by atoms with Crippen LogP contribution in [0, 0.1) is 6.92 Å². The number of carbonyl (C=O) groups is 2. The van der Waals surface area contributed by atoms with Gasteiger partial charge in [-0.25, -0.2) is 8.42 Å². The second-order valence-electron chi connectivity index (χ2n) is 12.2. The van der Waals surface area contributed by atoms with Gasteiger partial charge in [-0.1, -0.05) is 83.9 Å². The normalized spacial score (nSPS) is 12.2. The number of nitrogens with zero attached hydrogens (tertiary/aromatic N) is 2. The summed E-state index contributed by atoms with van der Waals surface area (Å²) < 4.78 is 35.2. The van der Waals surface area contributed by atoms with Gasteiger partial charge in [0.05, 0.1) is 27.7 Å². The van der Waals surface area contributed by atoms with Gasteiger partial charge in [-0.05, 0) is 80.8 Å². The van der Waals surface area contributed by atoms with Gasteiger partial charge in [-0.15, -0.1) is 0 Å². The number of benzene rings is 4. The summed E-state index contributed by atoms with van der Waals surface area (Å²) in [5.74, 6) is -0.727. The van der Waals surface area contributed by atoms with Gasteiger partial charge < -0.3 is 15.0 Å². The second-order valence-corrected chi connectivity index (χ2v) is 14.9. The number of nitrogens with one attached hydrogen (secondary N) is 1. The lowest BCUT2D eigenvalue weighted by Crippen LogP contribution is -2.56. The van der Waals surface area contributed by atoms with E-state index in [9.17, 15) is 18.0 Å². The molecule has 0 bridgehead atoms. The highest BCUT2D eigenvalue weighted by molar-refractivity contribution is 7.92. The van der Waals surface area contributed by atoms with Crippen molar-refractivity contribution < 1.29 is 22.7 Å². The summed E-state index contributed by atoms with van der Waals surface area (Å²) in [4.78, 5) is 30.1. The summed E-state index contributed by atoms with van der Waals surface area (Å²) in [6, 6.07) is 26.3. The number of aryl methyl sites for hydroxylation is 1. The van der Waals surface area contributed by atoms with Crippen molar-refractivity contribution in [2.24, 2.45) is 0 Å². The standard InChI is InChI=1S/C36H39Cl2N3O5S/c1-25-16-19-33(46-5)31(20-25)41(47(44,45)28-14-10-7-11-15-28)24-34(42)40(23-27-17-18-29(37)30(38)21-27)32(35(43)39-36(2,3)4)22-26-12-8-6-9-13-26/h6-21,32H,22-24H2,1-5H3,(H,39,43)/t32-/m0/s1. The van der Waals surface area contributed by atoms with E-state index >= 15 is 0 Å². The van der Waals surface area contributed by atoms with Gasteiger partial charge in [0.2, 0.25) is 11.8 Å². The average Bonchev–Trinajstić information content (AvgIpc) is 3.03. The first kappa shape index (κ1) is 35.8. The number of ether oxygens (including phenoxy) is 1. The molecule has 0 saturated heterocycles. The Morgan fingerprint density at radius 1 is 0.851 bits per heavy atom. The van der Waals surface area contributed by atoms with E-state index in [0.717, 1.165) is 15.4 Å². The number of anilines is 1. The van der Waals surface area contributed by atoms with E-state index < -0.39 is 34.1 Å². The summed E-state index contributed by atoms with van der Waals surface area (Å²) in [7, 11) is -2.85. The Hall–Kier alpha value is -4.05. The van der Waals surface area contributed by atoms with Crippen LogP contribution in [0.5, 0.6) is 5.75 Å². The molecule has 0 aliphatic carbocycles. The minimum absolute atomic E-state index is 0.00120. The molecule has 4 aromatic carbocycles. The van der Waals surface area contributed by atoms with Crippen molar-refractivity contribution in [3.8, 4) is 5.75 Å². The first-order chi connectivity index (χ1) is 22.2. The highest BCUT2D eigenvalue weighted by Crippen LogP contribution is 2.34. The number of amides is 2. The number of hydrogen-bond donors (Lipinski definition) is 1. The van der Waals surface area contributed by atoms with Crippen molar-refractivity contribution in [2.45, 2.75) is 57.1 Å². The molecular formula is C36H39Cl2N3O5S. The summed E-state index contributed by atoms with van der Waals surface area (Å²) >= 11 is 12.6. The number of carbonyl (C=O) groups excluding carboxylic acids is 2. The van der Waals surface area contributed by atoms with Gasteiger partial charge in [0.15, 0.2) is 0 Å². The van der Waals surface area contributed by atoms with E-state index in [1.807, 2.05) is 58.0 Å². The Morgan fingerprint density at radius 2 is 1.49 bits per heavy atom. The van der Waals surface area contributed by atoms with Crippen LogP contribution < -0.4 is 14.4 Å². The minimum atomic E-state index is -4.28. The number of hydrogen-bond acceptors (Lipinski definition) is 5. The zero-order valence-corrected chi connectivity index (χ0v) is 29.4. The van der Waals surface area contributed by atoms with Crippen LogP contribution in [0.4, 0.5) is 5.69 Å². The zero-order chi connectivity index (χ0) is 34.4. The van der Waals surface area contributed by atoms with Crippen LogP contribution in [0.1, 0.15) is 37.5 Å². The largest absolute Gasteiger partial charge is 0.495 e. The first-order valence-electron chi connectivity index (χ1n) is 15.0. The van der Waals surface area contributed by atoms with Crippen molar-refractivity contribution >= 4 is 50.7 Å². The summed E-state index contributed by atoms with van der Waals surface area (Å²) in [6.45, 7) is 6.72. The molecule has 0 fully saturated rings. The lowest BCUT2D eigenvalue weighted by atomic mass is 10.0. The molecule has 0 aliphatic rings. The fourth-order valence-electron chi connectivity index (χ4n) is 5.07. The van der Waals surface area contributed by atoms with Crippen molar-refractivity contribution in [1.82, 2.24) is 10.2 Å². The van der Waals surface area contributed by atoms with E-state index in [1.165, 1.54) is 24.1 Å². The molecule has 4 rings (SSSR count). The Morgan fingerprint density at radius 3 is 2.09 bits per heavy atom. The predicted octanol–water partition coefficient (Wildman–Crippen LogP) is 7.06. The maximum Gasteiger partial charge on any atom is 0.264 e. The molecule has 0 aromatic heterocycles. The van der Waals surface area contributed by atoms with Crippen molar-refractivity contribution in [1.29, 1.82) is 0 Å². The quantitative estimate of drug-likeness (QED) is 0.171. The number of rotatable bonds is 12. The summed E-state index contributed by atoms with van der Waals surface area (Å²) in [6.07, 6.45) is 0.176. The molecule has 1 atom stereocenters. The Bertz CT molecular complexity index is 1810. The summed E-state index contributed by atoms with van der Waals surface area (Å²) in [5.41, 5.74) is 1.78. The zero-order valence-electron chi connectivity index (χ0n) is 27.0. The Labute approximate surface area is 287 Å². The van der Waals surface area contributed by atoms with E-state index in [4.69, 9.17) is 27.9 Å². The highest BCUT2D eigenvalue weighted by atomic mass is 35.5. The number of methoxy groups -OCH3 is 1. The van der Waals surface area contributed by atoms with Crippen LogP contribution in [0.2, 0.25) is 10.0 Å². The first-order valence-corrected chi connectivity index (χ1v) is 17.2. The van der Waals surface area contributed by atoms with E-state index in [1.54, 1.807) is 54.6 Å². The van der Waals surface area contributed by atoms with Crippen LogP contribution >= 0.6 is 23.2 Å². The van der Waals surface area contributed by atoms with Gasteiger partial charge >= 0.3 is 0 Å². The third kappa shape index (κ3) is 9.28. The monoisotopic (exact) mass is 695 g/mol.